The van der Waals surface area contributed by atoms with E-state index in [1.54, 1.807) is 24.0 Å². The van der Waals surface area contributed by atoms with Crippen molar-refractivity contribution >= 4 is 11.8 Å². The van der Waals surface area contributed by atoms with Crippen LogP contribution >= 0.6 is 0 Å². The summed E-state index contributed by atoms with van der Waals surface area (Å²) in [5.41, 5.74) is 1.80. The van der Waals surface area contributed by atoms with Gasteiger partial charge in [0.1, 0.15) is 17.7 Å². The van der Waals surface area contributed by atoms with Gasteiger partial charge in [-0.3, -0.25) is 14.9 Å². The minimum Gasteiger partial charge on any atom is -0.361 e. The van der Waals surface area contributed by atoms with Crippen molar-refractivity contribution in [3.05, 3.63) is 29.3 Å². The number of urea groups is 1. The van der Waals surface area contributed by atoms with Gasteiger partial charge in [0.25, 0.3) is 0 Å². The van der Waals surface area contributed by atoms with Crippen molar-refractivity contribution in [1.82, 2.24) is 25.2 Å². The molecule has 3 heterocycles. The maximum Gasteiger partial charge on any atom is 0.320 e. The normalized spacial score (nSPS) is 20.8. The fourth-order valence-corrected chi connectivity index (χ4v) is 3.13. The van der Waals surface area contributed by atoms with Crippen LogP contribution < -0.4 is 10.6 Å². The van der Waals surface area contributed by atoms with E-state index in [-0.39, 0.29) is 12.1 Å². The smallest absolute Gasteiger partial charge is 0.320 e. The summed E-state index contributed by atoms with van der Waals surface area (Å²) in [4.78, 5) is 14.1. The van der Waals surface area contributed by atoms with Crippen LogP contribution in [0.5, 0.6) is 0 Å². The molecule has 2 atom stereocenters. The van der Waals surface area contributed by atoms with Crippen LogP contribution in [0.1, 0.15) is 23.4 Å². The first-order valence-electron chi connectivity index (χ1n) is 8.26. The molecule has 2 aromatic heterocycles. The minimum absolute atomic E-state index is 0.0685. The zero-order valence-corrected chi connectivity index (χ0v) is 14.6. The van der Waals surface area contributed by atoms with Crippen LogP contribution in [0.2, 0.25) is 0 Å². The molecule has 2 N–H and O–H groups in total. The zero-order valence-electron chi connectivity index (χ0n) is 14.6. The quantitative estimate of drug-likeness (QED) is 0.858. The van der Waals surface area contributed by atoms with Crippen LogP contribution in [-0.2, 0) is 13.6 Å². The lowest BCUT2D eigenvalue weighted by Crippen LogP contribution is -2.41. The Morgan fingerprint density at radius 3 is 2.92 bits per heavy atom. The SMILES string of the molecule is Cc1noc(C)c1CN1C[C@@H](F)C[C@H]1CNC(=O)Nc1ccnn1C. The second-order valence-electron chi connectivity index (χ2n) is 6.39. The number of carbonyl (C=O) groups excluding carboxylic acids is 1. The number of amides is 2. The number of nitrogens with zero attached hydrogens (tertiary/aromatic N) is 4. The summed E-state index contributed by atoms with van der Waals surface area (Å²) >= 11 is 0. The van der Waals surface area contributed by atoms with Crippen LogP contribution in [-0.4, -0.2) is 51.2 Å². The number of likely N-dealkylation sites (tertiary alicyclic amines) is 1. The molecule has 3 rings (SSSR count). The van der Waals surface area contributed by atoms with Crippen molar-refractivity contribution in [3.8, 4) is 0 Å². The van der Waals surface area contributed by atoms with Gasteiger partial charge in [0, 0.05) is 44.4 Å². The monoisotopic (exact) mass is 350 g/mol. The van der Waals surface area contributed by atoms with E-state index in [0.29, 0.717) is 31.9 Å². The molecular formula is C16H23FN6O2. The van der Waals surface area contributed by atoms with Crippen molar-refractivity contribution in [2.45, 2.75) is 39.0 Å². The largest absolute Gasteiger partial charge is 0.361 e. The van der Waals surface area contributed by atoms with Crippen molar-refractivity contribution < 1.29 is 13.7 Å². The van der Waals surface area contributed by atoms with Crippen molar-refractivity contribution in [1.29, 1.82) is 0 Å². The Labute approximate surface area is 145 Å². The van der Waals surface area contributed by atoms with Gasteiger partial charge < -0.3 is 9.84 Å². The fraction of sp³-hybridized carbons (Fsp3) is 0.562. The summed E-state index contributed by atoms with van der Waals surface area (Å²) in [7, 11) is 1.74. The molecule has 0 radical (unpaired) electrons. The standard InChI is InChI=1S/C16H23FN6O2/c1-10-14(11(2)25-21-10)9-23-8-12(17)6-13(23)7-18-16(24)20-15-4-5-19-22(15)3/h4-5,12-13H,6-9H2,1-3H3,(H2,18,20,24)/t12-,13-/m0/s1. The number of carbonyl (C=O) groups is 1. The molecule has 0 aliphatic carbocycles. The van der Waals surface area contributed by atoms with Crippen LogP contribution in [0.25, 0.3) is 0 Å². The van der Waals surface area contributed by atoms with Gasteiger partial charge in [-0.1, -0.05) is 5.16 Å². The maximum absolute atomic E-state index is 13.9. The number of aryl methyl sites for hydroxylation is 3. The van der Waals surface area contributed by atoms with E-state index in [1.807, 2.05) is 18.7 Å². The van der Waals surface area contributed by atoms with Crippen molar-refractivity contribution in [3.63, 3.8) is 0 Å². The molecule has 0 aromatic carbocycles. The van der Waals surface area contributed by atoms with Gasteiger partial charge in [0.15, 0.2) is 0 Å². The van der Waals surface area contributed by atoms with E-state index in [1.165, 1.54) is 0 Å². The third kappa shape index (κ3) is 3.98. The van der Waals surface area contributed by atoms with Gasteiger partial charge in [-0.2, -0.15) is 5.10 Å². The molecule has 0 bridgehead atoms. The average Bonchev–Trinajstić information content (AvgIpc) is 3.22. The van der Waals surface area contributed by atoms with Crippen molar-refractivity contribution in [2.24, 2.45) is 7.05 Å². The third-order valence-electron chi connectivity index (χ3n) is 4.58. The van der Waals surface area contributed by atoms with E-state index in [0.717, 1.165) is 17.0 Å². The number of rotatable bonds is 5. The molecule has 1 saturated heterocycles. The fourth-order valence-electron chi connectivity index (χ4n) is 3.13. The maximum atomic E-state index is 13.9. The Morgan fingerprint density at radius 1 is 1.48 bits per heavy atom. The molecule has 0 saturated carbocycles. The second kappa shape index (κ2) is 7.22. The first-order chi connectivity index (χ1) is 11.9. The average molecular weight is 350 g/mol. The Kier molecular flexibility index (Phi) is 5.03. The van der Waals surface area contributed by atoms with E-state index in [9.17, 15) is 9.18 Å². The predicted octanol–water partition coefficient (Wildman–Crippen LogP) is 1.76. The molecule has 8 nitrogen and oxygen atoms in total. The Balaban J connectivity index is 1.56. The van der Waals surface area contributed by atoms with Crippen LogP contribution in [0.15, 0.2) is 16.8 Å². The summed E-state index contributed by atoms with van der Waals surface area (Å²) in [5.74, 6) is 1.35. The highest BCUT2D eigenvalue weighted by atomic mass is 19.1. The van der Waals surface area contributed by atoms with Gasteiger partial charge in [0.2, 0.25) is 0 Å². The van der Waals surface area contributed by atoms with Gasteiger partial charge in [0.05, 0.1) is 11.9 Å². The highest BCUT2D eigenvalue weighted by Crippen LogP contribution is 2.24. The second-order valence-corrected chi connectivity index (χ2v) is 6.39. The van der Waals surface area contributed by atoms with Crippen LogP contribution in [0.3, 0.4) is 0 Å². The molecule has 1 fully saturated rings. The van der Waals surface area contributed by atoms with E-state index in [4.69, 9.17) is 4.52 Å². The lowest BCUT2D eigenvalue weighted by atomic mass is 10.1. The zero-order chi connectivity index (χ0) is 18.0. The Morgan fingerprint density at radius 2 is 2.28 bits per heavy atom. The van der Waals surface area contributed by atoms with Gasteiger partial charge in [-0.15, -0.1) is 0 Å². The molecule has 0 spiro atoms. The molecule has 2 amide bonds. The Bertz CT molecular complexity index is 723. The predicted molar refractivity (Wildman–Crippen MR) is 89.9 cm³/mol. The summed E-state index contributed by atoms with van der Waals surface area (Å²) in [6, 6.07) is 1.31. The molecule has 1 aliphatic heterocycles. The van der Waals surface area contributed by atoms with Crippen LogP contribution in [0.4, 0.5) is 15.0 Å². The number of halogens is 1. The lowest BCUT2D eigenvalue weighted by Gasteiger charge is -2.24. The summed E-state index contributed by atoms with van der Waals surface area (Å²) in [5, 5.41) is 13.5. The summed E-state index contributed by atoms with van der Waals surface area (Å²) < 4.78 is 20.7. The molecular weight excluding hydrogens is 327 g/mol. The molecule has 136 valence electrons. The summed E-state index contributed by atoms with van der Waals surface area (Å²) in [6.07, 6.45) is 1.11. The Hall–Kier alpha value is -2.42. The number of hydrogen-bond acceptors (Lipinski definition) is 5. The highest BCUT2D eigenvalue weighted by Gasteiger charge is 2.33. The van der Waals surface area contributed by atoms with E-state index < -0.39 is 6.17 Å². The molecule has 25 heavy (non-hydrogen) atoms. The number of alkyl halides is 1. The number of nitrogens with one attached hydrogen (secondary N) is 2. The third-order valence-corrected chi connectivity index (χ3v) is 4.58. The summed E-state index contributed by atoms with van der Waals surface area (Å²) in [6.45, 7) is 5.01. The van der Waals surface area contributed by atoms with E-state index >= 15 is 0 Å². The van der Waals surface area contributed by atoms with E-state index in [2.05, 4.69) is 20.9 Å². The van der Waals surface area contributed by atoms with Gasteiger partial charge in [-0.25, -0.2) is 9.18 Å². The molecule has 9 heteroatoms. The highest BCUT2D eigenvalue weighted by molar-refractivity contribution is 5.88. The first kappa shape index (κ1) is 17.4. The first-order valence-corrected chi connectivity index (χ1v) is 8.26. The molecule has 1 aliphatic rings. The topological polar surface area (TPSA) is 88.2 Å². The van der Waals surface area contributed by atoms with Crippen molar-refractivity contribution in [2.75, 3.05) is 18.4 Å². The van der Waals surface area contributed by atoms with Gasteiger partial charge >= 0.3 is 6.03 Å². The van der Waals surface area contributed by atoms with Gasteiger partial charge in [-0.05, 0) is 20.3 Å². The number of anilines is 1. The molecule has 2 aromatic rings. The van der Waals surface area contributed by atoms with Crippen LogP contribution in [0, 0.1) is 13.8 Å². The minimum atomic E-state index is -0.896. The molecule has 0 unspecified atom stereocenters. The number of aromatic nitrogens is 3. The lowest BCUT2D eigenvalue weighted by molar-refractivity contribution is 0.223. The number of hydrogen-bond donors (Lipinski definition) is 2.